The number of unbranched alkanes of at least 4 members (excludes halogenated alkanes) is 3. The highest BCUT2D eigenvalue weighted by Crippen LogP contribution is 2.19. The predicted octanol–water partition coefficient (Wildman–Crippen LogP) is 6.56. The lowest BCUT2D eigenvalue weighted by Crippen LogP contribution is -2.32. The zero-order valence-corrected chi connectivity index (χ0v) is 17.0. The van der Waals surface area contributed by atoms with Gasteiger partial charge in [-0.25, -0.2) is 4.79 Å². The Balaban J connectivity index is 1.93. The first kappa shape index (κ1) is 20.5. The second-order valence-corrected chi connectivity index (χ2v) is 7.73. The van der Waals surface area contributed by atoms with Crippen LogP contribution in [0.2, 0.25) is 0 Å². The molecule has 0 fully saturated rings. The molecule has 4 heteroatoms. The van der Waals surface area contributed by atoms with Gasteiger partial charge in [-0.2, -0.15) is 0 Å². The van der Waals surface area contributed by atoms with Crippen molar-refractivity contribution in [2.75, 3.05) is 11.5 Å². The minimum Gasteiger partial charge on any atom is -0.448 e. The van der Waals surface area contributed by atoms with Crippen LogP contribution in [0.5, 0.6) is 0 Å². The third-order valence-corrected chi connectivity index (χ3v) is 4.95. The Morgan fingerprint density at radius 3 is 2.31 bits per heavy atom. The molecule has 0 heterocycles. The lowest BCUT2D eigenvalue weighted by Gasteiger charge is -2.23. The molecule has 2 aromatic rings. The van der Waals surface area contributed by atoms with Crippen molar-refractivity contribution in [1.82, 2.24) is 0 Å². The fourth-order valence-electron chi connectivity index (χ4n) is 2.75. The maximum absolute atomic E-state index is 12.7. The zero-order chi connectivity index (χ0) is 18.6. The van der Waals surface area contributed by atoms with Crippen LogP contribution in [0.25, 0.3) is 0 Å². The molecular formula is C22H28BrNO2. The van der Waals surface area contributed by atoms with Gasteiger partial charge >= 0.3 is 6.09 Å². The lowest BCUT2D eigenvalue weighted by atomic mass is 10.1. The first-order valence-electron chi connectivity index (χ1n) is 9.38. The molecule has 0 saturated carbocycles. The number of ether oxygens (including phenoxy) is 1. The molecule has 0 unspecified atom stereocenters. The van der Waals surface area contributed by atoms with Crippen LogP contribution in [0.1, 0.15) is 44.6 Å². The van der Waals surface area contributed by atoms with E-state index in [0.717, 1.165) is 24.1 Å². The number of rotatable bonds is 10. The average molecular weight is 418 g/mol. The van der Waals surface area contributed by atoms with Crippen molar-refractivity contribution in [1.29, 1.82) is 0 Å². The van der Waals surface area contributed by atoms with Crippen molar-refractivity contribution in [3.63, 3.8) is 0 Å². The summed E-state index contributed by atoms with van der Waals surface area (Å²) in [4.78, 5) is 14.6. The summed E-state index contributed by atoms with van der Waals surface area (Å²) in [6.45, 7) is 3.09. The fraction of sp³-hybridized carbons (Fsp3) is 0.409. The van der Waals surface area contributed by atoms with Crippen LogP contribution in [-0.2, 0) is 11.3 Å². The van der Waals surface area contributed by atoms with Gasteiger partial charge in [0.15, 0.2) is 0 Å². The van der Waals surface area contributed by atoms with Gasteiger partial charge in [0.2, 0.25) is 0 Å². The number of hydrogen-bond donors (Lipinski definition) is 0. The highest BCUT2D eigenvalue weighted by Gasteiger charge is 2.19. The summed E-state index contributed by atoms with van der Waals surface area (Å²) in [5.41, 5.74) is 1.92. The van der Waals surface area contributed by atoms with E-state index >= 15 is 0 Å². The van der Waals surface area contributed by atoms with Gasteiger partial charge in [0.1, 0.15) is 6.61 Å². The molecule has 0 bridgehead atoms. The first-order chi connectivity index (χ1) is 12.7. The summed E-state index contributed by atoms with van der Waals surface area (Å²) < 4.78 is 5.59. The van der Waals surface area contributed by atoms with Gasteiger partial charge in [-0.3, -0.25) is 4.90 Å². The number of benzene rings is 2. The maximum atomic E-state index is 12.7. The average Bonchev–Trinajstić information content (AvgIpc) is 2.69. The van der Waals surface area contributed by atoms with Crippen molar-refractivity contribution in [3.05, 3.63) is 66.2 Å². The molecule has 2 rings (SSSR count). The van der Waals surface area contributed by atoms with Crippen LogP contribution in [0, 0.1) is 0 Å². The van der Waals surface area contributed by atoms with Crippen LogP contribution < -0.4 is 4.90 Å². The van der Waals surface area contributed by atoms with Crippen molar-refractivity contribution in [3.8, 4) is 0 Å². The van der Waals surface area contributed by atoms with Gasteiger partial charge in [0.25, 0.3) is 0 Å². The molecule has 1 atom stereocenters. The van der Waals surface area contributed by atoms with E-state index < -0.39 is 0 Å². The molecule has 0 spiro atoms. The largest absolute Gasteiger partial charge is 0.448 e. The highest BCUT2D eigenvalue weighted by atomic mass is 79.9. The van der Waals surface area contributed by atoms with Crippen molar-refractivity contribution >= 4 is 27.7 Å². The second kappa shape index (κ2) is 11.7. The lowest BCUT2D eigenvalue weighted by molar-refractivity contribution is 0.153. The van der Waals surface area contributed by atoms with E-state index in [0.29, 0.717) is 13.2 Å². The van der Waals surface area contributed by atoms with Gasteiger partial charge in [-0.05, 0) is 24.1 Å². The molecule has 140 valence electrons. The number of amides is 1. The number of halogens is 1. The third-order valence-electron chi connectivity index (χ3n) is 4.23. The van der Waals surface area contributed by atoms with Crippen molar-refractivity contribution < 1.29 is 9.53 Å². The van der Waals surface area contributed by atoms with E-state index in [-0.39, 0.29) is 10.9 Å². The van der Waals surface area contributed by atoms with Gasteiger partial charge in [-0.1, -0.05) is 97.1 Å². The summed E-state index contributed by atoms with van der Waals surface area (Å²) in [5, 5.41) is 0. The summed E-state index contributed by atoms with van der Waals surface area (Å²) >= 11 is 3.63. The fourth-order valence-corrected chi connectivity index (χ4v) is 3.21. The standard InChI is InChI=1S/C22H28BrNO2/c1-2-3-4-9-14-20(23)18-26-22(25)24(21-15-10-6-11-16-21)17-19-12-7-5-8-13-19/h5-8,10-13,15-16,20H,2-4,9,14,17-18H2,1H3/t20-/m1/s1. The minimum atomic E-state index is -0.307. The Labute approximate surface area is 165 Å². The van der Waals surface area contributed by atoms with Crippen molar-refractivity contribution in [2.24, 2.45) is 0 Å². The van der Waals surface area contributed by atoms with Gasteiger partial charge in [0, 0.05) is 10.5 Å². The summed E-state index contributed by atoms with van der Waals surface area (Å²) in [5.74, 6) is 0. The van der Waals surface area contributed by atoms with Gasteiger partial charge < -0.3 is 4.74 Å². The topological polar surface area (TPSA) is 29.5 Å². The van der Waals surface area contributed by atoms with E-state index in [1.807, 2.05) is 60.7 Å². The SMILES string of the molecule is CCCCCC[C@@H](Br)COC(=O)N(Cc1ccccc1)c1ccccc1. The van der Waals surface area contributed by atoms with Crippen LogP contribution in [0.15, 0.2) is 60.7 Å². The predicted molar refractivity (Wildman–Crippen MR) is 112 cm³/mol. The van der Waals surface area contributed by atoms with Crippen LogP contribution in [0.4, 0.5) is 10.5 Å². The number of anilines is 1. The molecule has 0 aliphatic carbocycles. The Morgan fingerprint density at radius 1 is 1.00 bits per heavy atom. The summed E-state index contributed by atoms with van der Waals surface area (Å²) in [6, 6.07) is 19.6. The minimum absolute atomic E-state index is 0.206. The Morgan fingerprint density at radius 2 is 1.65 bits per heavy atom. The normalized spacial score (nSPS) is 11.8. The number of hydrogen-bond acceptors (Lipinski definition) is 2. The smallest absolute Gasteiger partial charge is 0.414 e. The quantitative estimate of drug-likeness (QED) is 0.323. The molecule has 3 nitrogen and oxygen atoms in total. The number of alkyl halides is 1. The third kappa shape index (κ3) is 7.20. The Bertz CT molecular complexity index is 633. The molecule has 0 aliphatic heterocycles. The monoisotopic (exact) mass is 417 g/mol. The number of carbonyl (C=O) groups excluding carboxylic acids is 1. The molecule has 2 aromatic carbocycles. The molecule has 0 N–H and O–H groups in total. The molecule has 1 amide bonds. The van der Waals surface area contributed by atoms with Crippen LogP contribution >= 0.6 is 15.9 Å². The molecule has 0 saturated heterocycles. The van der Waals surface area contributed by atoms with E-state index in [1.165, 1.54) is 19.3 Å². The van der Waals surface area contributed by atoms with Gasteiger partial charge in [0.05, 0.1) is 6.54 Å². The maximum Gasteiger partial charge on any atom is 0.414 e. The molecule has 0 aliphatic rings. The second-order valence-electron chi connectivity index (χ2n) is 6.43. The first-order valence-corrected chi connectivity index (χ1v) is 10.3. The number of nitrogens with zero attached hydrogens (tertiary/aromatic N) is 1. The Kier molecular flexibility index (Phi) is 9.26. The van der Waals surface area contributed by atoms with E-state index in [2.05, 4.69) is 22.9 Å². The van der Waals surface area contributed by atoms with E-state index in [9.17, 15) is 4.79 Å². The Hall–Kier alpha value is -1.81. The van der Waals surface area contributed by atoms with Gasteiger partial charge in [-0.15, -0.1) is 0 Å². The molecule has 0 aromatic heterocycles. The zero-order valence-electron chi connectivity index (χ0n) is 15.4. The van der Waals surface area contributed by atoms with Crippen LogP contribution in [0.3, 0.4) is 0 Å². The summed E-state index contributed by atoms with van der Waals surface area (Å²) in [6.07, 6.45) is 5.60. The van der Waals surface area contributed by atoms with Crippen LogP contribution in [-0.4, -0.2) is 17.5 Å². The van der Waals surface area contributed by atoms with E-state index in [4.69, 9.17) is 4.74 Å². The molecule has 0 radical (unpaired) electrons. The summed E-state index contributed by atoms with van der Waals surface area (Å²) in [7, 11) is 0. The number of carbonyl (C=O) groups is 1. The molecular weight excluding hydrogens is 390 g/mol. The number of para-hydroxylation sites is 1. The highest BCUT2D eigenvalue weighted by molar-refractivity contribution is 9.09. The molecule has 26 heavy (non-hydrogen) atoms. The van der Waals surface area contributed by atoms with Crippen molar-refractivity contribution in [2.45, 2.75) is 50.4 Å². The van der Waals surface area contributed by atoms with E-state index in [1.54, 1.807) is 4.90 Å².